The third kappa shape index (κ3) is 22.5. The fourth-order valence-corrected chi connectivity index (χ4v) is 22.9. The Morgan fingerprint density at radius 1 is 0.486 bits per heavy atom. The number of hydrogen-bond donors (Lipinski definition) is 8. The van der Waals surface area contributed by atoms with Crippen LogP contribution in [0.25, 0.3) is 71.5 Å². The van der Waals surface area contributed by atoms with Gasteiger partial charge in [0.05, 0.1) is 101 Å². The summed E-state index contributed by atoms with van der Waals surface area (Å²) in [6, 6.07) is 34.5. The van der Waals surface area contributed by atoms with Crippen molar-refractivity contribution in [2.45, 2.75) is 177 Å². The van der Waals surface area contributed by atoms with Gasteiger partial charge < -0.3 is 88.7 Å². The summed E-state index contributed by atoms with van der Waals surface area (Å²) in [6.07, 6.45) is 55.5. The lowest BCUT2D eigenvalue weighted by Crippen LogP contribution is -2.46. The number of nitrogens with zero attached hydrogens (tertiary/aromatic N) is 7. The third-order valence-corrected chi connectivity index (χ3v) is 33.6. The Kier molecular flexibility index (Phi) is 32.7. The molecule has 0 radical (unpaired) electrons. The van der Waals surface area contributed by atoms with Gasteiger partial charge in [0.15, 0.2) is 0 Å². The van der Waals surface area contributed by atoms with E-state index in [4.69, 9.17) is 69.1 Å². The lowest BCUT2D eigenvalue weighted by Gasteiger charge is -2.41. The Hall–Kier alpha value is -14.0. The number of hydrogen-bond acceptors (Lipinski definition) is 21. The molecule has 29 heteroatoms. The Morgan fingerprint density at radius 3 is 1.24 bits per heavy atom. The summed E-state index contributed by atoms with van der Waals surface area (Å²) in [4.78, 5) is 123. The molecule has 2 atom stereocenters. The molecule has 1 amide bonds. The van der Waals surface area contributed by atoms with E-state index in [1.807, 2.05) is 91.3 Å². The largest absolute Gasteiger partial charge is 0.388 e. The number of fused-ring (bicyclic) bond motifs is 6. The third-order valence-electron chi connectivity index (χ3n) is 31.7. The number of rotatable bonds is 17. The van der Waals surface area contributed by atoms with Gasteiger partial charge >= 0.3 is 0 Å². The fraction of sp³-hybridized carbons (Fsp3) is 0.395. The van der Waals surface area contributed by atoms with E-state index in [9.17, 15) is 38.7 Å². The van der Waals surface area contributed by atoms with Gasteiger partial charge in [-0.05, 0) is 250 Å². The van der Waals surface area contributed by atoms with Crippen molar-refractivity contribution in [3.05, 3.63) is 255 Å². The van der Waals surface area contributed by atoms with Crippen molar-refractivity contribution < 1.29 is 28.8 Å². The van der Waals surface area contributed by atoms with E-state index in [-0.39, 0.29) is 61.7 Å². The molecule has 1 spiro atoms. The Bertz CT molecular complexity index is 7900. The van der Waals surface area contributed by atoms with E-state index < -0.39 is 6.10 Å². The number of halogens is 1. The van der Waals surface area contributed by atoms with Crippen LogP contribution in [-0.2, 0) is 18.9 Å². The highest BCUT2D eigenvalue weighted by Crippen LogP contribution is 2.55. The van der Waals surface area contributed by atoms with Crippen LogP contribution < -0.4 is 68.1 Å². The SMILES string of the molecule is C#Cc1c(N2CCC(C)(OC)CC2)c2cc(C(=O)NC)ccc2[nH]c1=O.C#Cc1c(N2CCC(C)(OC)CC2)c2cc(C(O)C3CC3)ccc2[nH]c1=O.C#Cc1c(N2CCC(C)(OC)CC2)c2cc(C=C)ccc2[nH]c1=O.C#Cc1c(N2CCC(CC)(OC)CC2)c2cc(Cl)ccc2[nH]c1=O.C#Cc1c(N2CCC(c3nccs3)C2)c2cc(C)ccc2[nH]c1=O.C#Cc1c(N2CCC3(CC2)CC3)c2cc(SC)ccc2[nH]c1=O. The number of piperidine rings is 5. The van der Waals surface area contributed by atoms with Crippen LogP contribution in [0.2, 0.25) is 5.02 Å². The number of aromatic nitrogens is 7. The van der Waals surface area contributed by atoms with Gasteiger partial charge in [-0.3, -0.25) is 33.6 Å². The molecule has 6 aliphatic heterocycles. The number of nitrogens with one attached hydrogen (secondary N) is 7. The quantitative estimate of drug-likeness (QED) is 0.0310. The fourth-order valence-electron chi connectivity index (χ4n) is 21.5. The number of aliphatic hydroxyl groups is 1. The summed E-state index contributed by atoms with van der Waals surface area (Å²) in [5.41, 5.74) is 14.3. The highest BCUT2D eigenvalue weighted by atomic mass is 35.5. The molecule has 2 unspecified atom stereocenters. The molecule has 13 heterocycles. The summed E-state index contributed by atoms with van der Waals surface area (Å²) in [7, 11) is 8.58. The van der Waals surface area contributed by atoms with Gasteiger partial charge in [-0.25, -0.2) is 4.98 Å². The highest BCUT2D eigenvalue weighted by molar-refractivity contribution is 7.98. The van der Waals surface area contributed by atoms with E-state index in [1.54, 1.807) is 88.9 Å². The first-order chi connectivity index (χ1) is 71.2. The van der Waals surface area contributed by atoms with Crippen molar-refractivity contribution in [1.29, 1.82) is 0 Å². The minimum Gasteiger partial charge on any atom is -0.388 e. The van der Waals surface area contributed by atoms with Gasteiger partial charge in [-0.15, -0.1) is 61.6 Å². The Labute approximate surface area is 876 Å². The Balaban J connectivity index is 0.000000127. The number of ether oxygens (including phenoxy) is 4. The number of aromatic amines is 6. The summed E-state index contributed by atoms with van der Waals surface area (Å²) < 4.78 is 22.6. The van der Waals surface area contributed by atoms with Crippen LogP contribution in [0.15, 0.2) is 161 Å². The zero-order chi connectivity index (χ0) is 105. The minimum absolute atomic E-state index is 0.0819. The lowest BCUT2D eigenvalue weighted by atomic mass is 9.88. The number of benzene rings is 6. The van der Waals surface area contributed by atoms with Crippen LogP contribution in [0.5, 0.6) is 0 Å². The number of aryl methyl sites for hydroxylation is 1. The molecule has 8 fully saturated rings. The molecule has 148 heavy (non-hydrogen) atoms. The molecular formula is C119H129ClN14O12S2. The second-order valence-corrected chi connectivity index (χ2v) is 42.7. The average molecular weight is 2050 g/mol. The van der Waals surface area contributed by atoms with Crippen LogP contribution >= 0.6 is 34.7 Å². The zero-order valence-corrected chi connectivity index (χ0v) is 88.5. The van der Waals surface area contributed by atoms with Crippen LogP contribution in [0.3, 0.4) is 0 Å². The van der Waals surface area contributed by atoms with Crippen molar-refractivity contribution >= 4 is 146 Å². The van der Waals surface area contributed by atoms with Gasteiger partial charge in [0.25, 0.3) is 39.3 Å². The van der Waals surface area contributed by atoms with Crippen molar-refractivity contribution in [3.63, 3.8) is 0 Å². The lowest BCUT2D eigenvalue weighted by molar-refractivity contribution is -0.0322. The number of amides is 1. The second kappa shape index (κ2) is 45.4. The molecule has 2 saturated carbocycles. The number of carbonyl (C=O) groups is 1. The van der Waals surface area contributed by atoms with Crippen LogP contribution in [0.1, 0.15) is 208 Å². The molecule has 6 aromatic carbocycles. The number of anilines is 6. The van der Waals surface area contributed by atoms with Gasteiger partial charge in [0.2, 0.25) is 0 Å². The predicted octanol–water partition coefficient (Wildman–Crippen LogP) is 18.4. The number of pyridine rings is 6. The molecule has 6 saturated heterocycles. The number of aliphatic hydroxyl groups excluding tert-OH is 1. The first-order valence-corrected chi connectivity index (χ1v) is 53.0. The molecule has 8 N–H and O–H groups in total. The maximum atomic E-state index is 12.5. The molecule has 2 aliphatic carbocycles. The van der Waals surface area contributed by atoms with Crippen LogP contribution in [0.4, 0.5) is 34.1 Å². The maximum Gasteiger partial charge on any atom is 0.266 e. The zero-order valence-electron chi connectivity index (χ0n) is 86.1. The van der Waals surface area contributed by atoms with E-state index >= 15 is 0 Å². The summed E-state index contributed by atoms with van der Waals surface area (Å²) in [5, 5.41) is 22.6. The van der Waals surface area contributed by atoms with Crippen molar-refractivity contribution in [3.8, 4) is 74.1 Å². The summed E-state index contributed by atoms with van der Waals surface area (Å²) in [5.74, 6) is 16.1. The highest BCUT2D eigenvalue weighted by Gasteiger charge is 2.46. The Morgan fingerprint density at radius 2 is 0.858 bits per heavy atom. The summed E-state index contributed by atoms with van der Waals surface area (Å²) in [6.45, 7) is 24.2. The standard InChI is InChI=1S/C22H26N2O3.C20H23N3O3.C20H22N2O2.C19H21ClN2O2.C19H17N3OS.C19H20N2OS/c1-4-16-19(24-11-9-22(2,27-3)10-12-24)17-13-15(20(25)14-5-6-14)7-8-18(17)23-21(16)26;1-5-14-17(23-10-8-20(2,26-4)9-11-23)15-12-13(18(24)21-3)6-7-16(15)22-19(14)25;1-5-14-7-8-17-16(13-14)18(15(6-2)19(23)21-17)22-11-9-20(3,24-4)10-12-22;1-4-14-17(22-10-8-19(5-2,24-3)9-11-22)15-12-13(20)6-7-16(15)21-18(14)23;1-3-14-17(15-10-12(2)4-5-16(15)21-18(14)23)22-8-6-13(11-22)19-20-7-9-24-19;1-3-14-17(21-10-8-19(6-7-19)9-11-21)15-12-13(23-2)4-5-16(15)20-18(14)22/h1,7-8,13-14,20,25H,5-6,9-12H2,2-3H3,(H,23,26);1,6-7,12H,8-11H2,2-4H3,(H,21,24)(H,22,25);2,5,7-8,13H,1,9-12H2,3-4H3,(H,21,23);1,6-7,12H,5,8-11H2,2-3H3,(H,21,23);1,4-5,7,9-10,13H,6,8,11H2,2H3,(H,21,23);1,4-5,12H,6-11H2,2H3,(H,20,22). The molecular weight excluding hydrogens is 1920 g/mol. The van der Waals surface area contributed by atoms with E-state index in [1.165, 1.54) is 30.6 Å². The van der Waals surface area contributed by atoms with Gasteiger partial charge in [0.1, 0.15) is 33.4 Å². The van der Waals surface area contributed by atoms with Crippen molar-refractivity contribution in [2.75, 3.05) is 150 Å². The minimum atomic E-state index is -0.457. The smallest absolute Gasteiger partial charge is 0.266 e. The number of methoxy groups -OCH3 is 4. The average Bonchev–Trinajstić information content (AvgIpc) is 0.848. The van der Waals surface area contributed by atoms with Crippen molar-refractivity contribution in [2.24, 2.45) is 11.3 Å². The number of terminal acetylenes is 6. The van der Waals surface area contributed by atoms with Crippen molar-refractivity contribution in [1.82, 2.24) is 40.2 Å². The van der Waals surface area contributed by atoms with Gasteiger partial charge in [-0.2, -0.15) is 0 Å². The number of carbonyl (C=O) groups excluding carboxylic acids is 1. The van der Waals surface area contributed by atoms with E-state index in [0.717, 1.165) is 271 Å². The summed E-state index contributed by atoms with van der Waals surface area (Å²) >= 11 is 9.57. The van der Waals surface area contributed by atoms with E-state index in [2.05, 4.69) is 158 Å². The number of thioether (sulfide) groups is 1. The molecule has 766 valence electrons. The molecule has 21 rings (SSSR count). The maximum absolute atomic E-state index is 12.5. The van der Waals surface area contributed by atoms with Crippen LogP contribution in [0, 0.1) is 92.3 Å². The molecule has 7 aromatic heterocycles. The van der Waals surface area contributed by atoms with Crippen LogP contribution in [-0.4, -0.2) is 189 Å². The molecule has 13 aromatic rings. The predicted molar refractivity (Wildman–Crippen MR) is 605 cm³/mol. The first-order valence-electron chi connectivity index (χ1n) is 50.5. The molecule has 0 bridgehead atoms. The monoisotopic (exact) mass is 2040 g/mol. The normalized spacial score (nSPS) is 17.8. The molecule has 26 nitrogen and oxygen atoms in total. The van der Waals surface area contributed by atoms with E-state index in [0.29, 0.717) is 66.7 Å². The molecule has 8 aliphatic rings. The van der Waals surface area contributed by atoms with Gasteiger partial charge in [0, 0.05) is 179 Å². The first kappa shape index (κ1) is 107. The topological polar surface area (TPSA) is 316 Å². The number of H-pyrrole nitrogens is 6. The number of thiazole rings is 1. The second-order valence-electron chi connectivity index (χ2n) is 40.5. The van der Waals surface area contributed by atoms with Gasteiger partial charge in [-0.1, -0.05) is 90.5 Å².